The van der Waals surface area contributed by atoms with E-state index in [1.165, 1.54) is 0 Å². The average Bonchev–Trinajstić information content (AvgIpc) is 3.31. The molecule has 3 aromatic carbocycles. The number of rotatable bonds is 6. The van der Waals surface area contributed by atoms with Crippen LogP contribution in [0, 0.1) is 0 Å². The Hall–Kier alpha value is -3.51. The number of methoxy groups -OCH3 is 4. The molecule has 0 radical (unpaired) electrons. The van der Waals surface area contributed by atoms with Crippen molar-refractivity contribution in [1.29, 1.82) is 0 Å². The maximum absolute atomic E-state index is 14.0. The van der Waals surface area contributed by atoms with E-state index in [2.05, 4.69) is 0 Å². The van der Waals surface area contributed by atoms with Gasteiger partial charge in [-0.2, -0.15) is 0 Å². The molecule has 0 saturated heterocycles. The van der Waals surface area contributed by atoms with E-state index in [0.29, 0.717) is 28.6 Å². The molecule has 33 heavy (non-hydrogen) atoms. The quantitative estimate of drug-likeness (QED) is 0.552. The molecule has 0 amide bonds. The molecule has 0 aromatic heterocycles. The second-order valence-electron chi connectivity index (χ2n) is 8.24. The first-order valence-electron chi connectivity index (χ1n) is 10.8. The maximum Gasteiger partial charge on any atom is 0.202 e. The number of ketones is 1. The summed E-state index contributed by atoms with van der Waals surface area (Å²) in [7, 11) is 6.34. The van der Waals surface area contributed by atoms with Crippen molar-refractivity contribution < 1.29 is 28.5 Å². The molecule has 1 heterocycles. The molecule has 0 bridgehead atoms. The third-order valence-electron chi connectivity index (χ3n) is 6.94. The Morgan fingerprint density at radius 1 is 0.848 bits per heavy atom. The standard InChI is InChI=1S/C27H26O6/c1-29-19-12-10-18(11-13-19)26-21(17-8-6-5-7-9-17)16-24(28)27(26,32-4)25-22(31-3)14-20(30-2)15-23(25)33-26/h5-15,21H,16H2,1-4H3/t21-,26-,27+/m0/s1. The number of ether oxygens (including phenoxy) is 5. The molecule has 5 rings (SSSR count). The summed E-state index contributed by atoms with van der Waals surface area (Å²) in [4.78, 5) is 14.0. The summed E-state index contributed by atoms with van der Waals surface area (Å²) >= 11 is 0. The molecule has 3 aromatic rings. The first-order valence-corrected chi connectivity index (χ1v) is 10.8. The molecule has 0 N–H and O–H groups in total. The summed E-state index contributed by atoms with van der Waals surface area (Å²) < 4.78 is 29.6. The van der Waals surface area contributed by atoms with Gasteiger partial charge < -0.3 is 23.7 Å². The lowest BCUT2D eigenvalue weighted by atomic mass is 9.71. The van der Waals surface area contributed by atoms with Crippen LogP contribution in [-0.2, 0) is 20.7 Å². The molecule has 170 valence electrons. The second-order valence-corrected chi connectivity index (χ2v) is 8.24. The Kier molecular flexibility index (Phi) is 5.05. The zero-order valence-corrected chi connectivity index (χ0v) is 19.1. The van der Waals surface area contributed by atoms with Crippen LogP contribution in [0.4, 0.5) is 0 Å². The number of carbonyl (C=O) groups is 1. The van der Waals surface area contributed by atoms with Gasteiger partial charge in [-0.05, 0) is 17.7 Å². The van der Waals surface area contributed by atoms with Crippen LogP contribution in [0.1, 0.15) is 29.0 Å². The van der Waals surface area contributed by atoms with Gasteiger partial charge in [0.1, 0.15) is 23.0 Å². The lowest BCUT2D eigenvalue weighted by Crippen LogP contribution is -2.52. The van der Waals surface area contributed by atoms with Gasteiger partial charge in [0.25, 0.3) is 0 Å². The van der Waals surface area contributed by atoms with Crippen LogP contribution < -0.4 is 18.9 Å². The molecule has 1 saturated carbocycles. The SMILES string of the molecule is COc1ccc([C@@]23Oc4cc(OC)cc(OC)c4[C@]2(OC)C(=O)C[C@H]3c2ccccc2)cc1. The summed E-state index contributed by atoms with van der Waals surface area (Å²) in [5, 5.41) is 0. The van der Waals surface area contributed by atoms with Crippen LogP contribution in [0.15, 0.2) is 66.7 Å². The molecule has 2 aliphatic rings. The first kappa shape index (κ1) is 21.3. The fraction of sp³-hybridized carbons (Fsp3) is 0.296. The van der Waals surface area contributed by atoms with Gasteiger partial charge in [-0.15, -0.1) is 0 Å². The number of benzene rings is 3. The number of hydrogen-bond donors (Lipinski definition) is 0. The monoisotopic (exact) mass is 446 g/mol. The van der Waals surface area contributed by atoms with Gasteiger partial charge >= 0.3 is 0 Å². The molecule has 0 unspecified atom stereocenters. The fourth-order valence-corrected chi connectivity index (χ4v) is 5.55. The smallest absolute Gasteiger partial charge is 0.202 e. The van der Waals surface area contributed by atoms with Crippen LogP contribution in [0.3, 0.4) is 0 Å². The lowest BCUT2D eigenvalue weighted by Gasteiger charge is -2.41. The molecule has 6 nitrogen and oxygen atoms in total. The summed E-state index contributed by atoms with van der Waals surface area (Å²) in [5.74, 6) is 1.94. The van der Waals surface area contributed by atoms with Gasteiger partial charge in [0, 0.05) is 37.1 Å². The molecule has 1 aliphatic heterocycles. The highest BCUT2D eigenvalue weighted by molar-refractivity contribution is 5.97. The van der Waals surface area contributed by atoms with Crippen molar-refractivity contribution in [2.24, 2.45) is 0 Å². The van der Waals surface area contributed by atoms with Crippen molar-refractivity contribution >= 4 is 5.78 Å². The Labute approximate surface area is 193 Å². The summed E-state index contributed by atoms with van der Waals surface area (Å²) in [6.07, 6.45) is 0.262. The van der Waals surface area contributed by atoms with Crippen molar-refractivity contribution in [3.05, 3.63) is 83.4 Å². The van der Waals surface area contributed by atoms with E-state index in [0.717, 1.165) is 11.1 Å². The van der Waals surface area contributed by atoms with E-state index in [1.807, 2.05) is 54.6 Å². The van der Waals surface area contributed by atoms with E-state index >= 15 is 0 Å². The van der Waals surface area contributed by atoms with Crippen LogP contribution in [0.5, 0.6) is 23.0 Å². The lowest BCUT2D eigenvalue weighted by molar-refractivity contribution is -0.159. The third kappa shape index (κ3) is 2.74. The molecule has 1 aliphatic carbocycles. The fourth-order valence-electron chi connectivity index (χ4n) is 5.55. The van der Waals surface area contributed by atoms with Gasteiger partial charge in [-0.25, -0.2) is 0 Å². The first-order chi connectivity index (χ1) is 16.0. The Balaban J connectivity index is 1.85. The molecule has 0 spiro atoms. The highest BCUT2D eigenvalue weighted by Crippen LogP contribution is 2.68. The largest absolute Gasteiger partial charge is 0.497 e. The topological polar surface area (TPSA) is 63.2 Å². The zero-order chi connectivity index (χ0) is 23.2. The third-order valence-corrected chi connectivity index (χ3v) is 6.94. The predicted molar refractivity (Wildman–Crippen MR) is 122 cm³/mol. The highest BCUT2D eigenvalue weighted by atomic mass is 16.6. The minimum absolute atomic E-state index is 0.0584. The van der Waals surface area contributed by atoms with Crippen LogP contribution in [-0.4, -0.2) is 34.2 Å². The van der Waals surface area contributed by atoms with Gasteiger partial charge in [0.2, 0.25) is 5.60 Å². The van der Waals surface area contributed by atoms with E-state index in [1.54, 1.807) is 40.6 Å². The molecule has 3 atom stereocenters. The van der Waals surface area contributed by atoms with Crippen molar-refractivity contribution in [3.8, 4) is 23.0 Å². The number of fused-ring (bicyclic) bond motifs is 3. The van der Waals surface area contributed by atoms with Crippen LogP contribution >= 0.6 is 0 Å². The molecule has 1 fully saturated rings. The predicted octanol–water partition coefficient (Wildman–Crippen LogP) is 4.60. The summed E-state index contributed by atoms with van der Waals surface area (Å²) in [5.41, 5.74) is -0.127. The molecular weight excluding hydrogens is 420 g/mol. The van der Waals surface area contributed by atoms with E-state index < -0.39 is 11.2 Å². The van der Waals surface area contributed by atoms with Crippen LogP contribution in [0.25, 0.3) is 0 Å². The van der Waals surface area contributed by atoms with Crippen molar-refractivity contribution in [2.45, 2.75) is 23.5 Å². The minimum atomic E-state index is -1.39. The van der Waals surface area contributed by atoms with Crippen molar-refractivity contribution in [3.63, 3.8) is 0 Å². The van der Waals surface area contributed by atoms with E-state index in [-0.39, 0.29) is 18.1 Å². The normalized spacial score (nSPS) is 25.2. The zero-order valence-electron chi connectivity index (χ0n) is 19.1. The second kappa shape index (κ2) is 7.81. The summed E-state index contributed by atoms with van der Waals surface area (Å²) in [6.45, 7) is 0. The Morgan fingerprint density at radius 3 is 2.15 bits per heavy atom. The van der Waals surface area contributed by atoms with Gasteiger partial charge in [-0.1, -0.05) is 42.5 Å². The van der Waals surface area contributed by atoms with Gasteiger partial charge in [0.15, 0.2) is 11.4 Å². The van der Waals surface area contributed by atoms with E-state index in [4.69, 9.17) is 23.7 Å². The molecule has 6 heteroatoms. The van der Waals surface area contributed by atoms with Gasteiger partial charge in [-0.3, -0.25) is 4.79 Å². The van der Waals surface area contributed by atoms with Crippen molar-refractivity contribution in [1.82, 2.24) is 0 Å². The number of Topliss-reactive ketones (excluding diaryl/α,β-unsaturated/α-hetero) is 1. The van der Waals surface area contributed by atoms with Crippen LogP contribution in [0.2, 0.25) is 0 Å². The van der Waals surface area contributed by atoms with E-state index in [9.17, 15) is 4.79 Å². The Morgan fingerprint density at radius 2 is 1.55 bits per heavy atom. The minimum Gasteiger partial charge on any atom is -0.497 e. The van der Waals surface area contributed by atoms with Crippen molar-refractivity contribution in [2.75, 3.05) is 28.4 Å². The molecular formula is C27H26O6. The maximum atomic E-state index is 14.0. The highest BCUT2D eigenvalue weighted by Gasteiger charge is 2.75. The number of hydrogen-bond acceptors (Lipinski definition) is 6. The number of carbonyl (C=O) groups excluding carboxylic acids is 1. The van der Waals surface area contributed by atoms with Gasteiger partial charge in [0.05, 0.1) is 26.9 Å². The Bertz CT molecular complexity index is 1190. The average molecular weight is 446 g/mol. The summed E-state index contributed by atoms with van der Waals surface area (Å²) in [6, 6.07) is 21.1.